The second-order valence-electron chi connectivity index (χ2n) is 0.909. The molecule has 0 saturated carbocycles. The predicted molar refractivity (Wildman–Crippen MR) is 38.5 cm³/mol. The summed E-state index contributed by atoms with van der Waals surface area (Å²) in [6, 6.07) is 0. The van der Waals surface area contributed by atoms with Gasteiger partial charge in [0.15, 0.2) is 0 Å². The molecule has 58 valence electrons. The summed E-state index contributed by atoms with van der Waals surface area (Å²) in [5.41, 5.74) is 8.68. The third-order valence-electron chi connectivity index (χ3n) is 0. The zero-order chi connectivity index (χ0) is 8.08. The third kappa shape index (κ3) is 586. The van der Waals surface area contributed by atoms with Crippen LogP contribution in [0.2, 0.25) is 0 Å². The summed E-state index contributed by atoms with van der Waals surface area (Å²) in [7, 11) is -2.12. The maximum atomic E-state index is 7.78. The van der Waals surface area contributed by atoms with E-state index in [0.29, 0.717) is 0 Å². The zero-order valence-corrected chi connectivity index (χ0v) is 6.85. The van der Waals surface area contributed by atoms with Crippen molar-refractivity contribution in [2.24, 2.45) is 11.0 Å². The normalized spacial score (nSPS) is 10.6. The van der Waals surface area contributed by atoms with Crippen LogP contribution in [0.3, 0.4) is 0 Å². The molecule has 8 N–H and O–H groups in total. The average molecular weight is 194 g/mol. The lowest BCUT2D eigenvalue weighted by Gasteiger charge is -1.90. The molecule has 0 aliphatic heterocycles. The Hall–Kier alpha value is 0.840. The third-order valence-corrected chi connectivity index (χ3v) is 0. The summed E-state index contributed by atoms with van der Waals surface area (Å²) in [5, 5.41) is 0. The first kappa shape index (κ1) is 12.5. The van der Waals surface area contributed by atoms with E-state index in [9.17, 15) is 0 Å². The summed E-state index contributed by atoms with van der Waals surface area (Å²) in [6.07, 6.45) is 0. The Labute approximate surface area is 58.3 Å². The van der Waals surface area contributed by atoms with Crippen LogP contribution >= 0.6 is 15.2 Å². The van der Waals surface area contributed by atoms with Crippen LogP contribution in [0.15, 0.2) is 0 Å². The highest BCUT2D eigenvalue weighted by atomic mass is 32.5. The highest BCUT2D eigenvalue weighted by Gasteiger charge is 1.89. The van der Waals surface area contributed by atoms with Gasteiger partial charge in [0.1, 0.15) is 0 Å². The topological polar surface area (TPSA) is 133 Å². The van der Waals surface area contributed by atoms with E-state index < -0.39 is 15.2 Å². The van der Waals surface area contributed by atoms with Gasteiger partial charge in [0, 0.05) is 0 Å². The molecular weight excluding hydrogens is 186 g/mol. The summed E-state index contributed by atoms with van der Waals surface area (Å²) in [4.78, 5) is 30.5. The monoisotopic (exact) mass is 194 g/mol. The van der Waals surface area contributed by atoms with Crippen LogP contribution in [-0.2, 0) is 11.8 Å². The van der Waals surface area contributed by atoms with Gasteiger partial charge in [0.25, 0.3) is 6.64 Å². The van der Waals surface area contributed by atoms with Crippen LogP contribution < -0.4 is 11.0 Å². The lowest BCUT2D eigenvalue weighted by molar-refractivity contribution is 0.480. The number of nitrogens with two attached hydrogens (primary N) is 2. The minimum absolute atomic E-state index is 2.12. The largest absolute Gasteiger partial charge is 0.338 e. The number of hydrogen-bond donors (Lipinski definition) is 6. The minimum Gasteiger partial charge on any atom is -0.338 e. The van der Waals surface area contributed by atoms with E-state index in [4.69, 9.17) is 19.6 Å². The van der Waals surface area contributed by atoms with Gasteiger partial charge in [-0.2, -0.15) is 0 Å². The fraction of sp³-hybridized carbons (Fsp3) is 0. The zero-order valence-electron chi connectivity index (χ0n) is 4.25. The Morgan fingerprint density at radius 1 is 1.33 bits per heavy atom. The molecule has 0 aliphatic carbocycles. The Morgan fingerprint density at radius 2 is 1.33 bits per heavy atom. The molecule has 0 radical (unpaired) electrons. The summed E-state index contributed by atoms with van der Waals surface area (Å²) >= 11 is 3.83. The predicted octanol–water partition coefficient (Wildman–Crippen LogP) is -1.69. The first-order valence-corrected chi connectivity index (χ1v) is 5.59. The summed E-state index contributed by atoms with van der Waals surface area (Å²) in [6.45, 7) is -3.31. The molecule has 0 spiro atoms. The first-order valence-electron chi connectivity index (χ1n) is 1.50. The van der Waals surface area contributed by atoms with Crippen molar-refractivity contribution >= 4 is 27.0 Å². The molecule has 6 nitrogen and oxygen atoms in total. The molecular formula is H8N2O4P2S. The molecule has 0 bridgehead atoms. The molecule has 0 aromatic carbocycles. The van der Waals surface area contributed by atoms with E-state index in [1.807, 2.05) is 0 Å². The first-order chi connectivity index (χ1) is 3.73. The Kier molecular flexibility index (Phi) is 7.80. The molecule has 0 amide bonds. The van der Waals surface area contributed by atoms with Gasteiger partial charge in [0.2, 0.25) is 8.53 Å². The fourth-order valence-corrected chi connectivity index (χ4v) is 0. The van der Waals surface area contributed by atoms with Crippen LogP contribution in [0, 0.1) is 0 Å². The van der Waals surface area contributed by atoms with E-state index in [0.717, 1.165) is 0 Å². The van der Waals surface area contributed by atoms with Gasteiger partial charge in [-0.3, -0.25) is 11.0 Å². The van der Waals surface area contributed by atoms with Crippen molar-refractivity contribution < 1.29 is 19.6 Å². The second kappa shape index (κ2) is 5.61. The molecule has 9 heteroatoms. The lowest BCUT2D eigenvalue weighted by Crippen LogP contribution is -1.86. The number of hydrogen-bond acceptors (Lipinski definition) is 4. The SMILES string of the molecule is NP(O)(O)=S.NP(O)O. The van der Waals surface area contributed by atoms with Crippen molar-refractivity contribution in [1.29, 1.82) is 0 Å². The molecule has 9 heavy (non-hydrogen) atoms. The highest BCUT2D eigenvalue weighted by Crippen LogP contribution is 2.20. The molecule has 0 aliphatic rings. The van der Waals surface area contributed by atoms with Gasteiger partial charge in [-0.05, 0) is 11.8 Å². The van der Waals surface area contributed by atoms with Gasteiger partial charge in [-0.1, -0.05) is 0 Å². The molecule has 0 saturated heterocycles. The Morgan fingerprint density at radius 3 is 1.33 bits per heavy atom. The Balaban J connectivity index is 0. The van der Waals surface area contributed by atoms with E-state index in [1.165, 1.54) is 0 Å². The van der Waals surface area contributed by atoms with Crippen molar-refractivity contribution in [3.8, 4) is 0 Å². The second-order valence-corrected chi connectivity index (χ2v) is 4.34. The quantitative estimate of drug-likeness (QED) is 0.253. The molecule has 0 heterocycles. The average Bonchev–Trinajstić information content (AvgIpc) is 1.19. The van der Waals surface area contributed by atoms with Crippen LogP contribution in [0.25, 0.3) is 0 Å². The maximum absolute atomic E-state index is 7.78. The van der Waals surface area contributed by atoms with Gasteiger partial charge < -0.3 is 19.6 Å². The number of rotatable bonds is 0. The molecule has 0 rings (SSSR count). The maximum Gasteiger partial charge on any atom is 0.253 e. The standard InChI is InChI=1S/H4NO2PS.H4NO2P/c1-4(2,3)5;1-4(2)3/h(H4,1,2,3,5);2-3H,1H2. The van der Waals surface area contributed by atoms with Crippen molar-refractivity contribution in [1.82, 2.24) is 0 Å². The van der Waals surface area contributed by atoms with E-state index >= 15 is 0 Å². The van der Waals surface area contributed by atoms with E-state index in [1.54, 1.807) is 0 Å². The molecule has 0 fully saturated rings. The smallest absolute Gasteiger partial charge is 0.253 e. The molecule has 0 atom stereocenters. The van der Waals surface area contributed by atoms with E-state index in [2.05, 4.69) is 22.8 Å². The van der Waals surface area contributed by atoms with Gasteiger partial charge in [-0.25, -0.2) is 0 Å². The highest BCUT2D eigenvalue weighted by molar-refractivity contribution is 8.07. The summed E-state index contributed by atoms with van der Waals surface area (Å²) in [5.74, 6) is 0. The minimum atomic E-state index is -3.31. The van der Waals surface area contributed by atoms with Crippen LogP contribution in [0.4, 0.5) is 0 Å². The molecule has 0 aromatic heterocycles. The molecule has 0 unspecified atom stereocenters. The van der Waals surface area contributed by atoms with Gasteiger partial charge in [-0.15, -0.1) is 0 Å². The summed E-state index contributed by atoms with van der Waals surface area (Å²) < 4.78 is 0. The van der Waals surface area contributed by atoms with Crippen LogP contribution in [0.5, 0.6) is 0 Å². The van der Waals surface area contributed by atoms with Crippen molar-refractivity contribution in [2.75, 3.05) is 0 Å². The van der Waals surface area contributed by atoms with Crippen molar-refractivity contribution in [3.05, 3.63) is 0 Å². The van der Waals surface area contributed by atoms with Crippen LogP contribution in [-0.4, -0.2) is 19.6 Å². The van der Waals surface area contributed by atoms with Gasteiger partial charge >= 0.3 is 0 Å². The lowest BCUT2D eigenvalue weighted by atomic mass is 13.9. The Bertz CT molecular complexity index is 87.7. The van der Waals surface area contributed by atoms with E-state index in [-0.39, 0.29) is 0 Å². The molecule has 0 aromatic rings. The fourth-order valence-electron chi connectivity index (χ4n) is 0. The van der Waals surface area contributed by atoms with Crippen LogP contribution in [0.1, 0.15) is 0 Å². The van der Waals surface area contributed by atoms with Crippen molar-refractivity contribution in [3.63, 3.8) is 0 Å². The van der Waals surface area contributed by atoms with Crippen molar-refractivity contribution in [2.45, 2.75) is 0 Å². The van der Waals surface area contributed by atoms with Gasteiger partial charge in [0.05, 0.1) is 0 Å².